The molecule has 0 fully saturated rings. The van der Waals surface area contributed by atoms with Crippen LogP contribution in [0.25, 0.3) is 0 Å². The highest BCUT2D eigenvalue weighted by Gasteiger charge is 2.11. The number of halogens is 1. The topological polar surface area (TPSA) is 159 Å². The monoisotopic (exact) mass is 721 g/mol. The maximum Gasteiger partial charge on any atom is 0.333 e. The predicted octanol–water partition coefficient (Wildman–Crippen LogP) is -1.94. The molecule has 0 heterocycles. The number of likely N-dealkylation sites (N-methyl/N-ethyl adjacent to an activating group) is 3. The number of ether oxygens (including phenoxy) is 3. The first-order valence-electron chi connectivity index (χ1n) is 15.0. The summed E-state index contributed by atoms with van der Waals surface area (Å²) in [7, 11) is 18.5. The summed E-state index contributed by atoms with van der Waals surface area (Å²) >= 11 is 0. The SMILES string of the molecule is C=C(C)C(=O)OCC[N+](C)(C)C.C=C(C)C(=O)OCC[N+](C)(C)C.C=C(C)C(=O)OCC[N+](C)(C)C.C=CC(=O)[O-].CC=C(C)C(=O)[O-].[Cl-]. The first-order valence-corrected chi connectivity index (χ1v) is 15.0. The zero-order valence-electron chi connectivity index (χ0n) is 32.5. The molecule has 0 N–H and O–H groups in total. The molecule has 0 spiro atoms. The molecule has 0 unspecified atom stereocenters. The van der Waals surface area contributed by atoms with Gasteiger partial charge in [0.1, 0.15) is 39.5 Å². The number of carbonyl (C=O) groups is 5. The van der Waals surface area contributed by atoms with Gasteiger partial charge >= 0.3 is 17.9 Å². The van der Waals surface area contributed by atoms with Crippen molar-refractivity contribution in [3.8, 4) is 0 Å². The van der Waals surface area contributed by atoms with Gasteiger partial charge in [0.05, 0.1) is 75.4 Å². The van der Waals surface area contributed by atoms with Crippen LogP contribution >= 0.6 is 0 Å². The molecule has 0 atom stereocenters. The second kappa shape index (κ2) is 30.3. The fourth-order valence-electron chi connectivity index (χ4n) is 1.72. The van der Waals surface area contributed by atoms with Gasteiger partial charge in [-0.2, -0.15) is 0 Å². The molecule has 0 aliphatic heterocycles. The molecule has 0 rings (SSSR count). The normalized spacial score (nSPS) is 10.4. The van der Waals surface area contributed by atoms with E-state index in [1.54, 1.807) is 27.7 Å². The Morgan fingerprint density at radius 2 is 0.776 bits per heavy atom. The summed E-state index contributed by atoms with van der Waals surface area (Å²) in [6.07, 6.45) is 2.22. The number of nitrogens with zero attached hydrogens (tertiary/aromatic N) is 3. The third kappa shape index (κ3) is 56.9. The van der Waals surface area contributed by atoms with Crippen LogP contribution in [0.15, 0.2) is 60.8 Å². The van der Waals surface area contributed by atoms with Crippen LogP contribution < -0.4 is 22.6 Å². The average Bonchev–Trinajstić information content (AvgIpc) is 2.91. The van der Waals surface area contributed by atoms with E-state index in [1.165, 1.54) is 13.0 Å². The number of hydrogen-bond donors (Lipinski definition) is 0. The Morgan fingerprint density at radius 3 is 0.857 bits per heavy atom. The number of allylic oxidation sites excluding steroid dienone is 1. The molecule has 0 saturated carbocycles. The summed E-state index contributed by atoms with van der Waals surface area (Å²) in [6.45, 7) is 25.3. The lowest BCUT2D eigenvalue weighted by Crippen LogP contribution is -3.00. The number of carbonyl (C=O) groups excluding carboxylic acids is 5. The molecular weight excluding hydrogens is 658 g/mol. The lowest BCUT2D eigenvalue weighted by atomic mass is 10.3. The predicted molar refractivity (Wildman–Crippen MR) is 186 cm³/mol. The molecule has 0 aromatic rings. The van der Waals surface area contributed by atoms with Crippen LogP contribution in [0.3, 0.4) is 0 Å². The smallest absolute Gasteiger partial charge is 0.333 e. The Balaban J connectivity index is -0.000000121. The average molecular weight is 722 g/mol. The highest BCUT2D eigenvalue weighted by atomic mass is 35.5. The number of carboxylic acids is 2. The van der Waals surface area contributed by atoms with E-state index in [0.717, 1.165) is 39.2 Å². The van der Waals surface area contributed by atoms with Gasteiger partial charge < -0.3 is 59.9 Å². The van der Waals surface area contributed by atoms with Crippen molar-refractivity contribution in [2.24, 2.45) is 0 Å². The fourth-order valence-corrected chi connectivity index (χ4v) is 1.72. The summed E-state index contributed by atoms with van der Waals surface area (Å²) in [5, 5.41) is 18.9. The largest absolute Gasteiger partial charge is 1.00 e. The zero-order valence-corrected chi connectivity index (χ0v) is 33.3. The van der Waals surface area contributed by atoms with Crippen molar-refractivity contribution in [3.63, 3.8) is 0 Å². The van der Waals surface area contributed by atoms with Gasteiger partial charge in [-0.1, -0.05) is 32.4 Å². The molecule has 286 valence electrons. The molecule has 0 bridgehead atoms. The molecule has 0 aliphatic carbocycles. The molecule has 0 amide bonds. The lowest BCUT2D eigenvalue weighted by Gasteiger charge is -2.23. The highest BCUT2D eigenvalue weighted by molar-refractivity contribution is 5.87. The van der Waals surface area contributed by atoms with Crippen LogP contribution in [-0.4, -0.2) is 146 Å². The van der Waals surface area contributed by atoms with Crippen molar-refractivity contribution >= 4 is 29.8 Å². The number of aliphatic carboxylic acids is 2. The summed E-state index contributed by atoms with van der Waals surface area (Å²) in [5.74, 6) is -3.23. The van der Waals surface area contributed by atoms with Crippen LogP contribution in [-0.2, 0) is 38.2 Å². The van der Waals surface area contributed by atoms with Crippen molar-refractivity contribution in [1.82, 2.24) is 0 Å². The Labute approximate surface area is 302 Å². The van der Waals surface area contributed by atoms with Gasteiger partial charge in [0.15, 0.2) is 0 Å². The highest BCUT2D eigenvalue weighted by Crippen LogP contribution is 1.96. The van der Waals surface area contributed by atoms with E-state index in [0.29, 0.717) is 36.5 Å². The molecule has 0 aromatic carbocycles. The van der Waals surface area contributed by atoms with Gasteiger partial charge in [-0.05, 0) is 46.3 Å². The number of esters is 3. The van der Waals surface area contributed by atoms with E-state index in [1.807, 2.05) is 0 Å². The third-order valence-electron chi connectivity index (χ3n) is 4.95. The molecule has 0 radical (unpaired) electrons. The second-order valence-electron chi connectivity index (χ2n) is 13.6. The van der Waals surface area contributed by atoms with E-state index in [2.05, 4.69) is 89.7 Å². The van der Waals surface area contributed by atoms with Gasteiger partial charge in [-0.25, -0.2) is 14.4 Å². The lowest BCUT2D eigenvalue weighted by molar-refractivity contribution is -0.870. The van der Waals surface area contributed by atoms with Crippen LogP contribution in [0.5, 0.6) is 0 Å². The molecule has 0 aromatic heterocycles. The maximum absolute atomic E-state index is 10.9. The number of quaternary nitrogens is 3. The second-order valence-corrected chi connectivity index (χ2v) is 13.6. The summed E-state index contributed by atoms with van der Waals surface area (Å²) in [5.41, 5.74) is 1.64. The minimum Gasteiger partial charge on any atom is -1.00 e. The standard InChI is InChI=1S/3C9H18NO2.C5H8O2.C3H4O2.ClH/c3*1-8(2)9(11)12-7-6-10(3,4)5;1-3-4(2)5(6)7;1-2-3(4)5;/h3*1,6-7H2,2-5H3;3H,1-2H3,(H,6,7);2H,1H2,(H,4,5);1H/q3*+1;;;/p-3. The van der Waals surface area contributed by atoms with Crippen LogP contribution in [0.2, 0.25) is 0 Å². The van der Waals surface area contributed by atoms with Gasteiger partial charge in [-0.15, -0.1) is 0 Å². The zero-order chi connectivity index (χ0) is 39.5. The van der Waals surface area contributed by atoms with E-state index in [9.17, 15) is 24.3 Å². The number of carboxylic acid groups (broad SMARTS) is 2. The Bertz CT molecular complexity index is 995. The quantitative estimate of drug-likeness (QED) is 0.0856. The van der Waals surface area contributed by atoms with Crippen LogP contribution in [0.4, 0.5) is 0 Å². The molecule has 49 heavy (non-hydrogen) atoms. The Morgan fingerprint density at radius 1 is 0.571 bits per heavy atom. The van der Waals surface area contributed by atoms with Crippen molar-refractivity contribution < 1.29 is 74.3 Å². The molecule has 14 heteroatoms. The number of hydrogen-bond acceptors (Lipinski definition) is 10. The summed E-state index contributed by atoms with van der Waals surface area (Å²) < 4.78 is 17.2. The molecule has 0 saturated heterocycles. The van der Waals surface area contributed by atoms with Crippen molar-refractivity contribution in [3.05, 3.63) is 60.8 Å². The van der Waals surface area contributed by atoms with E-state index >= 15 is 0 Å². The van der Waals surface area contributed by atoms with E-state index in [-0.39, 0.29) is 35.9 Å². The van der Waals surface area contributed by atoms with E-state index in [4.69, 9.17) is 24.1 Å². The van der Waals surface area contributed by atoms with Gasteiger partial charge in [0.25, 0.3) is 0 Å². The minimum absolute atomic E-state index is 0. The summed E-state index contributed by atoms with van der Waals surface area (Å²) in [6, 6.07) is 0. The van der Waals surface area contributed by atoms with Crippen molar-refractivity contribution in [2.45, 2.75) is 34.6 Å². The van der Waals surface area contributed by atoms with Gasteiger partial charge in [0.2, 0.25) is 0 Å². The molecule has 13 nitrogen and oxygen atoms in total. The Hall–Kier alpha value is -3.78. The number of rotatable bonds is 14. The van der Waals surface area contributed by atoms with Crippen molar-refractivity contribution in [2.75, 3.05) is 103 Å². The van der Waals surface area contributed by atoms with Crippen LogP contribution in [0.1, 0.15) is 34.6 Å². The first kappa shape index (κ1) is 57.5. The first-order chi connectivity index (χ1) is 21.4. The van der Waals surface area contributed by atoms with Crippen molar-refractivity contribution in [1.29, 1.82) is 0 Å². The Kier molecular flexibility index (Phi) is 35.5. The van der Waals surface area contributed by atoms with Gasteiger partial charge in [0, 0.05) is 16.7 Å². The minimum atomic E-state index is -1.23. The maximum atomic E-state index is 10.9. The van der Waals surface area contributed by atoms with E-state index < -0.39 is 11.9 Å². The summed E-state index contributed by atoms with van der Waals surface area (Å²) in [4.78, 5) is 51.6. The molecule has 0 aliphatic rings. The van der Waals surface area contributed by atoms with Crippen LogP contribution in [0, 0.1) is 0 Å². The van der Waals surface area contributed by atoms with Gasteiger partial charge in [-0.3, -0.25) is 0 Å². The third-order valence-corrected chi connectivity index (χ3v) is 4.95. The molecular formula is C35H64ClN3O10. The fraction of sp³-hybridized carbons (Fsp3) is 0.571.